The van der Waals surface area contributed by atoms with Crippen molar-refractivity contribution < 1.29 is 0 Å². The Morgan fingerprint density at radius 2 is 2.35 bits per heavy atom. The number of tetrazole rings is 1. The van der Waals surface area contributed by atoms with Crippen LogP contribution in [0.1, 0.15) is 25.7 Å². The average Bonchev–Trinajstić information content (AvgIpc) is 3.04. The summed E-state index contributed by atoms with van der Waals surface area (Å²) in [5, 5.41) is 14.2. The lowest BCUT2D eigenvalue weighted by atomic mass is 10.4. The molecule has 3 aromatic heterocycles. The van der Waals surface area contributed by atoms with Crippen molar-refractivity contribution in [1.82, 2.24) is 30.2 Å². The van der Waals surface area contributed by atoms with Gasteiger partial charge in [-0.2, -0.15) is 0 Å². The molecule has 0 aliphatic carbocycles. The van der Waals surface area contributed by atoms with E-state index in [0.29, 0.717) is 21.4 Å². The van der Waals surface area contributed by atoms with E-state index in [4.69, 9.17) is 0 Å². The monoisotopic (exact) mass is 308 g/mol. The normalized spacial score (nSPS) is 11.6. The zero-order chi connectivity index (χ0) is 14.1. The molecule has 3 aromatic rings. The highest BCUT2D eigenvalue weighted by Crippen LogP contribution is 2.21. The molecule has 0 unspecified atom stereocenters. The molecule has 3 heterocycles. The second-order valence-electron chi connectivity index (χ2n) is 4.44. The highest BCUT2D eigenvalue weighted by Gasteiger charge is 2.11. The first kappa shape index (κ1) is 13.3. The highest BCUT2D eigenvalue weighted by molar-refractivity contribution is 7.98. The van der Waals surface area contributed by atoms with Crippen LogP contribution in [0.3, 0.4) is 0 Å². The molecule has 104 valence electrons. The van der Waals surface area contributed by atoms with Crippen molar-refractivity contribution in [3.8, 4) is 0 Å². The van der Waals surface area contributed by atoms with Gasteiger partial charge in [-0.3, -0.25) is 4.79 Å². The molecule has 0 aromatic carbocycles. The Morgan fingerprint density at radius 3 is 3.15 bits per heavy atom. The van der Waals surface area contributed by atoms with Gasteiger partial charge < -0.3 is 4.98 Å². The van der Waals surface area contributed by atoms with E-state index in [-0.39, 0.29) is 11.6 Å². The van der Waals surface area contributed by atoms with Crippen molar-refractivity contribution in [2.75, 3.05) is 0 Å². The third kappa shape index (κ3) is 2.46. The molecule has 0 saturated carbocycles. The van der Waals surface area contributed by atoms with Gasteiger partial charge >= 0.3 is 0 Å². The maximum atomic E-state index is 11.9. The lowest BCUT2D eigenvalue weighted by Crippen LogP contribution is -2.10. The summed E-state index contributed by atoms with van der Waals surface area (Å²) in [6.07, 6.45) is 0. The van der Waals surface area contributed by atoms with E-state index in [9.17, 15) is 4.79 Å². The zero-order valence-electron chi connectivity index (χ0n) is 10.9. The van der Waals surface area contributed by atoms with Crippen LogP contribution in [0.4, 0.5) is 0 Å². The fourth-order valence-electron chi connectivity index (χ4n) is 1.73. The molecule has 0 aliphatic rings. The fraction of sp³-hybridized carbons (Fsp3) is 0.364. The molecule has 0 bridgehead atoms. The van der Waals surface area contributed by atoms with Gasteiger partial charge in [0.25, 0.3) is 5.56 Å². The maximum Gasteiger partial charge on any atom is 0.268 e. The topological polar surface area (TPSA) is 89.3 Å². The van der Waals surface area contributed by atoms with Gasteiger partial charge in [-0.1, -0.05) is 11.8 Å². The van der Waals surface area contributed by atoms with Gasteiger partial charge in [-0.25, -0.2) is 9.67 Å². The first-order valence-corrected chi connectivity index (χ1v) is 7.88. The molecule has 0 fully saturated rings. The number of nitrogens with one attached hydrogen (secondary N) is 1. The third-order valence-electron chi connectivity index (χ3n) is 2.65. The number of H-pyrrole nitrogens is 1. The van der Waals surface area contributed by atoms with E-state index < -0.39 is 0 Å². The van der Waals surface area contributed by atoms with Crippen LogP contribution in [-0.2, 0) is 5.75 Å². The van der Waals surface area contributed by atoms with Gasteiger partial charge in [0.2, 0.25) is 5.16 Å². The Balaban J connectivity index is 1.83. The molecular weight excluding hydrogens is 296 g/mol. The van der Waals surface area contributed by atoms with Crippen LogP contribution in [0, 0.1) is 0 Å². The van der Waals surface area contributed by atoms with Crippen LogP contribution in [0.2, 0.25) is 0 Å². The molecule has 3 rings (SSSR count). The van der Waals surface area contributed by atoms with Crippen molar-refractivity contribution >= 4 is 33.3 Å². The Morgan fingerprint density at radius 1 is 1.50 bits per heavy atom. The van der Waals surface area contributed by atoms with Crippen LogP contribution in [0.15, 0.2) is 21.4 Å². The number of aromatic nitrogens is 6. The summed E-state index contributed by atoms with van der Waals surface area (Å²) in [5.41, 5.74) is 0.641. The number of aromatic amines is 1. The molecule has 1 N–H and O–H groups in total. The Bertz CT molecular complexity index is 789. The second-order valence-corrected chi connectivity index (χ2v) is 6.29. The van der Waals surface area contributed by atoms with E-state index in [1.807, 2.05) is 25.3 Å². The van der Waals surface area contributed by atoms with Crippen LogP contribution in [0.5, 0.6) is 0 Å². The van der Waals surface area contributed by atoms with Gasteiger partial charge in [0.05, 0.1) is 17.3 Å². The minimum absolute atomic E-state index is 0.0935. The molecule has 0 atom stereocenters. The van der Waals surface area contributed by atoms with E-state index in [2.05, 4.69) is 25.5 Å². The lowest BCUT2D eigenvalue weighted by molar-refractivity contribution is 0.477. The lowest BCUT2D eigenvalue weighted by Gasteiger charge is -2.06. The minimum Gasteiger partial charge on any atom is -0.309 e. The van der Waals surface area contributed by atoms with E-state index in [1.165, 1.54) is 23.1 Å². The quantitative estimate of drug-likeness (QED) is 0.740. The van der Waals surface area contributed by atoms with Crippen molar-refractivity contribution in [1.29, 1.82) is 0 Å². The molecule has 0 spiro atoms. The molecule has 9 heteroatoms. The number of fused-ring (bicyclic) bond motifs is 1. The van der Waals surface area contributed by atoms with Gasteiger partial charge in [-0.15, -0.1) is 16.4 Å². The molecule has 0 saturated heterocycles. The number of hydrogen-bond acceptors (Lipinski definition) is 7. The van der Waals surface area contributed by atoms with Gasteiger partial charge in [-0.05, 0) is 35.7 Å². The van der Waals surface area contributed by atoms with Crippen LogP contribution in [-0.4, -0.2) is 30.2 Å². The van der Waals surface area contributed by atoms with Crippen molar-refractivity contribution in [3.63, 3.8) is 0 Å². The Kier molecular flexibility index (Phi) is 3.53. The van der Waals surface area contributed by atoms with E-state index >= 15 is 0 Å². The summed E-state index contributed by atoms with van der Waals surface area (Å²) in [6, 6.07) is 2.04. The van der Waals surface area contributed by atoms with Gasteiger partial charge in [0.1, 0.15) is 10.5 Å². The average molecular weight is 308 g/mol. The molecule has 20 heavy (non-hydrogen) atoms. The van der Waals surface area contributed by atoms with Gasteiger partial charge in [0.15, 0.2) is 0 Å². The summed E-state index contributed by atoms with van der Waals surface area (Å²) < 4.78 is 2.40. The molecular formula is C11H12N6OS2. The molecule has 0 aliphatic heterocycles. The third-order valence-corrected chi connectivity index (χ3v) is 4.50. The Labute approximate surface area is 122 Å². The smallest absolute Gasteiger partial charge is 0.268 e. The number of thiophene rings is 1. The SMILES string of the molecule is CC(C)n1nnnc1SCc1nc2ccsc2c(=O)[nH]1. The summed E-state index contributed by atoms with van der Waals surface area (Å²) in [7, 11) is 0. The second kappa shape index (κ2) is 5.33. The van der Waals surface area contributed by atoms with Crippen molar-refractivity contribution in [2.45, 2.75) is 30.8 Å². The summed E-state index contributed by atoms with van der Waals surface area (Å²) in [6.45, 7) is 4.02. The minimum atomic E-state index is -0.0935. The fourth-order valence-corrected chi connectivity index (χ4v) is 3.33. The number of thioether (sulfide) groups is 1. The summed E-state index contributed by atoms with van der Waals surface area (Å²) >= 11 is 2.85. The van der Waals surface area contributed by atoms with Crippen molar-refractivity contribution in [2.24, 2.45) is 0 Å². The largest absolute Gasteiger partial charge is 0.309 e. The first-order chi connectivity index (χ1) is 9.65. The first-order valence-electron chi connectivity index (χ1n) is 6.02. The van der Waals surface area contributed by atoms with Crippen LogP contribution >= 0.6 is 23.1 Å². The van der Waals surface area contributed by atoms with Crippen LogP contribution < -0.4 is 5.56 Å². The number of nitrogens with zero attached hydrogens (tertiary/aromatic N) is 5. The number of hydrogen-bond donors (Lipinski definition) is 1. The standard InChI is InChI=1S/C11H12N6OS2/c1-6(2)17-11(14-15-16-17)20-5-8-12-7-3-4-19-9(7)10(18)13-8/h3-4,6H,5H2,1-2H3,(H,12,13,18). The highest BCUT2D eigenvalue weighted by atomic mass is 32.2. The van der Waals surface area contributed by atoms with Crippen molar-refractivity contribution in [3.05, 3.63) is 27.6 Å². The molecule has 7 nitrogen and oxygen atoms in total. The maximum absolute atomic E-state index is 11.9. The zero-order valence-corrected chi connectivity index (χ0v) is 12.5. The van der Waals surface area contributed by atoms with E-state index in [1.54, 1.807) is 4.68 Å². The van der Waals surface area contributed by atoms with Gasteiger partial charge in [0, 0.05) is 0 Å². The predicted molar refractivity (Wildman–Crippen MR) is 78.0 cm³/mol. The predicted octanol–water partition coefficient (Wildman–Crippen LogP) is 1.84. The summed E-state index contributed by atoms with van der Waals surface area (Å²) in [5.74, 6) is 1.15. The number of rotatable bonds is 4. The summed E-state index contributed by atoms with van der Waals surface area (Å²) in [4.78, 5) is 19.1. The van der Waals surface area contributed by atoms with E-state index in [0.717, 1.165) is 5.52 Å². The van der Waals surface area contributed by atoms with Crippen LogP contribution in [0.25, 0.3) is 10.2 Å². The molecule has 0 amide bonds. The molecule has 0 radical (unpaired) electrons. The Hall–Kier alpha value is -1.74.